The second kappa shape index (κ2) is 4.40. The molecule has 1 saturated carbocycles. The van der Waals surface area contributed by atoms with Crippen LogP contribution in [-0.4, -0.2) is 19.7 Å². The van der Waals surface area contributed by atoms with Gasteiger partial charge >= 0.3 is 0 Å². The summed E-state index contributed by atoms with van der Waals surface area (Å²) in [5, 5.41) is 3.56. The van der Waals surface area contributed by atoms with Gasteiger partial charge in [-0.25, -0.2) is 0 Å². The highest BCUT2D eigenvalue weighted by molar-refractivity contribution is 5.39. The van der Waals surface area contributed by atoms with E-state index in [1.807, 2.05) is 0 Å². The van der Waals surface area contributed by atoms with E-state index in [0.29, 0.717) is 12.0 Å². The molecule has 0 spiro atoms. The maximum atomic E-state index is 5.50. The van der Waals surface area contributed by atoms with E-state index < -0.39 is 0 Å². The quantitative estimate of drug-likeness (QED) is 0.715. The van der Waals surface area contributed by atoms with E-state index in [-0.39, 0.29) is 0 Å². The molecule has 2 aliphatic carbocycles. The minimum absolute atomic E-state index is 0.484. The Morgan fingerprint density at radius 2 is 2.27 bits per heavy atom. The van der Waals surface area contributed by atoms with Gasteiger partial charge in [-0.15, -0.1) is 0 Å². The summed E-state index contributed by atoms with van der Waals surface area (Å²) in [6.45, 7) is 5.51. The van der Waals surface area contributed by atoms with Gasteiger partial charge in [0.1, 0.15) is 0 Å². The number of hydrogen-bond acceptors (Lipinski definition) is 2. The largest absolute Gasteiger partial charge is 0.501 e. The fraction of sp³-hybridized carbons (Fsp3) is 0.692. The minimum Gasteiger partial charge on any atom is -0.501 e. The van der Waals surface area contributed by atoms with Crippen molar-refractivity contribution in [2.75, 3.05) is 13.7 Å². The molecule has 2 unspecified atom stereocenters. The van der Waals surface area contributed by atoms with Gasteiger partial charge in [-0.05, 0) is 31.9 Å². The Labute approximate surface area is 92.4 Å². The zero-order valence-electron chi connectivity index (χ0n) is 9.97. The van der Waals surface area contributed by atoms with Gasteiger partial charge in [-0.3, -0.25) is 0 Å². The third-order valence-electron chi connectivity index (χ3n) is 3.41. The number of allylic oxidation sites excluding steroid dienone is 2. The Bertz CT molecular complexity index is 304. The summed E-state index contributed by atoms with van der Waals surface area (Å²) >= 11 is 0. The van der Waals surface area contributed by atoms with Crippen molar-refractivity contribution in [1.29, 1.82) is 0 Å². The van der Waals surface area contributed by atoms with Crippen molar-refractivity contribution in [2.45, 2.75) is 39.2 Å². The van der Waals surface area contributed by atoms with Crippen molar-refractivity contribution in [2.24, 2.45) is 5.92 Å². The van der Waals surface area contributed by atoms with Crippen molar-refractivity contribution in [3.8, 4) is 0 Å². The molecule has 0 bridgehead atoms. The number of ether oxygens (including phenoxy) is 1. The average molecular weight is 207 g/mol. The van der Waals surface area contributed by atoms with E-state index >= 15 is 0 Å². The van der Waals surface area contributed by atoms with Crippen molar-refractivity contribution in [1.82, 2.24) is 5.32 Å². The summed E-state index contributed by atoms with van der Waals surface area (Å²) in [6, 6.07) is 0.484. The first kappa shape index (κ1) is 10.7. The van der Waals surface area contributed by atoms with Crippen molar-refractivity contribution < 1.29 is 4.74 Å². The van der Waals surface area contributed by atoms with Crippen LogP contribution in [0.1, 0.15) is 33.1 Å². The van der Waals surface area contributed by atoms with Crippen LogP contribution in [0.3, 0.4) is 0 Å². The predicted molar refractivity (Wildman–Crippen MR) is 62.6 cm³/mol. The normalized spacial score (nSPS) is 29.4. The molecule has 0 saturated heterocycles. The molecule has 0 aliphatic heterocycles. The van der Waals surface area contributed by atoms with E-state index in [4.69, 9.17) is 4.74 Å². The first-order valence-corrected chi connectivity index (χ1v) is 5.93. The molecule has 0 aromatic rings. The van der Waals surface area contributed by atoms with Crippen molar-refractivity contribution in [3.05, 3.63) is 23.0 Å². The van der Waals surface area contributed by atoms with E-state index in [1.165, 1.54) is 24.2 Å². The standard InChI is InChI=1S/C13H21NO/c1-4-5-14-11-6-10-7-12(10)9(2)13(8-11)15-3/h6,11-12,14H,4-5,7-8H2,1-3H3. The third kappa shape index (κ3) is 2.25. The summed E-state index contributed by atoms with van der Waals surface area (Å²) in [5.74, 6) is 1.89. The number of methoxy groups -OCH3 is 1. The molecule has 0 aromatic carbocycles. The molecule has 84 valence electrons. The Morgan fingerprint density at radius 1 is 1.47 bits per heavy atom. The highest BCUT2D eigenvalue weighted by atomic mass is 16.5. The second-order valence-corrected chi connectivity index (χ2v) is 4.57. The molecular weight excluding hydrogens is 186 g/mol. The lowest BCUT2D eigenvalue weighted by Gasteiger charge is -2.16. The molecule has 0 amide bonds. The molecule has 0 heterocycles. The summed E-state index contributed by atoms with van der Waals surface area (Å²) in [4.78, 5) is 0. The molecule has 2 nitrogen and oxygen atoms in total. The van der Waals surface area contributed by atoms with Gasteiger partial charge in [-0.1, -0.05) is 18.6 Å². The molecule has 2 heteroatoms. The zero-order chi connectivity index (χ0) is 10.8. The second-order valence-electron chi connectivity index (χ2n) is 4.57. The summed E-state index contributed by atoms with van der Waals surface area (Å²) in [5.41, 5.74) is 3.05. The molecule has 2 aliphatic rings. The van der Waals surface area contributed by atoms with Gasteiger partial charge in [0.25, 0.3) is 0 Å². The van der Waals surface area contributed by atoms with Crippen LogP contribution in [0.25, 0.3) is 0 Å². The van der Waals surface area contributed by atoms with Gasteiger partial charge in [0.2, 0.25) is 0 Å². The van der Waals surface area contributed by atoms with Gasteiger partial charge in [-0.2, -0.15) is 0 Å². The maximum Gasteiger partial charge on any atom is 0.0969 e. The van der Waals surface area contributed by atoms with Crippen LogP contribution in [0.4, 0.5) is 0 Å². The Hall–Kier alpha value is -0.760. The molecule has 2 atom stereocenters. The van der Waals surface area contributed by atoms with Crippen LogP contribution in [0, 0.1) is 5.92 Å². The maximum absolute atomic E-state index is 5.50. The average Bonchev–Trinajstić information content (AvgIpc) is 2.99. The molecule has 1 N–H and O–H groups in total. The van der Waals surface area contributed by atoms with E-state index in [9.17, 15) is 0 Å². The minimum atomic E-state index is 0.484. The van der Waals surface area contributed by atoms with Crippen LogP contribution in [0.2, 0.25) is 0 Å². The molecule has 1 fully saturated rings. The summed E-state index contributed by atoms with van der Waals surface area (Å²) in [6.07, 6.45) is 5.87. The van der Waals surface area contributed by atoms with Crippen molar-refractivity contribution in [3.63, 3.8) is 0 Å². The van der Waals surface area contributed by atoms with Gasteiger partial charge in [0, 0.05) is 18.4 Å². The van der Waals surface area contributed by atoms with E-state index in [2.05, 4.69) is 25.2 Å². The first-order chi connectivity index (χ1) is 7.26. The van der Waals surface area contributed by atoms with E-state index in [1.54, 1.807) is 12.7 Å². The number of rotatable bonds is 4. The Kier molecular flexibility index (Phi) is 3.15. The zero-order valence-corrected chi connectivity index (χ0v) is 9.97. The Balaban J connectivity index is 2.07. The number of nitrogens with one attached hydrogen (secondary N) is 1. The SMILES string of the molecule is CCCNC1C=C2CC2C(C)=C(OC)C1. The smallest absolute Gasteiger partial charge is 0.0969 e. The Morgan fingerprint density at radius 3 is 2.93 bits per heavy atom. The summed E-state index contributed by atoms with van der Waals surface area (Å²) in [7, 11) is 1.79. The third-order valence-corrected chi connectivity index (χ3v) is 3.41. The predicted octanol–water partition coefficient (Wildman–Crippen LogP) is 2.63. The molecule has 2 rings (SSSR count). The van der Waals surface area contributed by atoms with Crippen molar-refractivity contribution >= 4 is 0 Å². The highest BCUT2D eigenvalue weighted by Crippen LogP contribution is 2.47. The van der Waals surface area contributed by atoms with Gasteiger partial charge in [0.05, 0.1) is 12.9 Å². The van der Waals surface area contributed by atoms with Crippen LogP contribution in [0.15, 0.2) is 23.0 Å². The van der Waals surface area contributed by atoms with Gasteiger partial charge in [0.15, 0.2) is 0 Å². The molecule has 0 radical (unpaired) electrons. The van der Waals surface area contributed by atoms with Crippen LogP contribution in [-0.2, 0) is 4.74 Å². The topological polar surface area (TPSA) is 21.3 Å². The lowest BCUT2D eigenvalue weighted by molar-refractivity contribution is 0.264. The number of fused-ring (bicyclic) bond motifs is 1. The lowest BCUT2D eigenvalue weighted by atomic mass is 10.1. The monoisotopic (exact) mass is 207 g/mol. The lowest BCUT2D eigenvalue weighted by Crippen LogP contribution is -2.28. The fourth-order valence-corrected chi connectivity index (χ4v) is 2.37. The number of hydrogen-bond donors (Lipinski definition) is 1. The first-order valence-electron chi connectivity index (χ1n) is 5.93. The van der Waals surface area contributed by atoms with Gasteiger partial charge < -0.3 is 10.1 Å². The van der Waals surface area contributed by atoms with E-state index in [0.717, 1.165) is 13.0 Å². The molecule has 15 heavy (non-hydrogen) atoms. The van der Waals surface area contributed by atoms with Crippen LogP contribution < -0.4 is 5.32 Å². The fourth-order valence-electron chi connectivity index (χ4n) is 2.37. The molecular formula is C13H21NO. The molecule has 0 aromatic heterocycles. The van der Waals surface area contributed by atoms with Crippen LogP contribution >= 0.6 is 0 Å². The highest BCUT2D eigenvalue weighted by Gasteiger charge is 2.36. The van der Waals surface area contributed by atoms with Crippen LogP contribution in [0.5, 0.6) is 0 Å². The summed E-state index contributed by atoms with van der Waals surface area (Å²) < 4.78 is 5.50.